The molecule has 0 aliphatic carbocycles. The van der Waals surface area contributed by atoms with E-state index in [-0.39, 0.29) is 5.78 Å². The zero-order chi connectivity index (χ0) is 19.0. The Morgan fingerprint density at radius 2 is 1.59 bits per heavy atom. The summed E-state index contributed by atoms with van der Waals surface area (Å²) in [4.78, 5) is 18.1. The smallest absolute Gasteiger partial charge is 0.197 e. The molecule has 132 valence electrons. The SMILES string of the molecule is Cc1ccc(-c2nc3ccccc3c(N)c2C(=O)c2ccc(Cl)cc2)cc1. The molecule has 27 heavy (non-hydrogen) atoms. The van der Waals surface area contributed by atoms with Crippen LogP contribution in [0.25, 0.3) is 22.2 Å². The molecule has 0 saturated carbocycles. The zero-order valence-electron chi connectivity index (χ0n) is 14.7. The molecular formula is C23H17ClN2O. The van der Waals surface area contributed by atoms with Crippen LogP contribution in [-0.2, 0) is 0 Å². The molecule has 1 aromatic heterocycles. The number of nitrogens with two attached hydrogens (primary N) is 1. The van der Waals surface area contributed by atoms with E-state index in [2.05, 4.69) is 0 Å². The fourth-order valence-electron chi connectivity index (χ4n) is 3.13. The van der Waals surface area contributed by atoms with E-state index in [0.29, 0.717) is 27.5 Å². The zero-order valence-corrected chi connectivity index (χ0v) is 15.5. The van der Waals surface area contributed by atoms with Crippen molar-refractivity contribution in [2.45, 2.75) is 6.92 Å². The first-order valence-electron chi connectivity index (χ1n) is 8.60. The maximum Gasteiger partial charge on any atom is 0.197 e. The Labute approximate surface area is 162 Å². The molecule has 4 rings (SSSR count). The second-order valence-electron chi connectivity index (χ2n) is 6.47. The first-order chi connectivity index (χ1) is 13.0. The van der Waals surface area contributed by atoms with Crippen molar-refractivity contribution in [2.75, 3.05) is 5.73 Å². The molecule has 0 fully saturated rings. The Morgan fingerprint density at radius 3 is 2.30 bits per heavy atom. The standard InChI is InChI=1S/C23H17ClN2O/c1-14-6-8-15(9-7-14)22-20(23(27)16-10-12-17(24)13-11-16)21(25)18-4-2-3-5-19(18)26-22/h2-13H,1H3,(H2,25,26). The number of carbonyl (C=O) groups excluding carboxylic acids is 1. The van der Waals surface area contributed by atoms with Crippen LogP contribution in [0.5, 0.6) is 0 Å². The lowest BCUT2D eigenvalue weighted by atomic mass is 9.94. The van der Waals surface area contributed by atoms with Gasteiger partial charge in [-0.15, -0.1) is 0 Å². The number of benzene rings is 3. The largest absolute Gasteiger partial charge is 0.398 e. The molecule has 1 heterocycles. The van der Waals surface area contributed by atoms with Gasteiger partial charge in [0.1, 0.15) is 0 Å². The Morgan fingerprint density at radius 1 is 0.926 bits per heavy atom. The topological polar surface area (TPSA) is 56.0 Å². The summed E-state index contributed by atoms with van der Waals surface area (Å²) < 4.78 is 0. The van der Waals surface area contributed by atoms with Gasteiger partial charge in [0, 0.05) is 21.5 Å². The predicted molar refractivity (Wildman–Crippen MR) is 111 cm³/mol. The van der Waals surface area contributed by atoms with Crippen LogP contribution in [0.15, 0.2) is 72.8 Å². The summed E-state index contributed by atoms with van der Waals surface area (Å²) in [5, 5.41) is 1.35. The molecule has 3 aromatic carbocycles. The Bertz CT molecular complexity index is 1150. The van der Waals surface area contributed by atoms with E-state index in [4.69, 9.17) is 22.3 Å². The van der Waals surface area contributed by atoms with Gasteiger partial charge in [-0.05, 0) is 37.3 Å². The number of pyridine rings is 1. The van der Waals surface area contributed by atoms with Crippen LogP contribution in [-0.4, -0.2) is 10.8 Å². The summed E-state index contributed by atoms with van der Waals surface area (Å²) in [7, 11) is 0. The average molecular weight is 373 g/mol. The summed E-state index contributed by atoms with van der Waals surface area (Å²) in [6.45, 7) is 2.02. The third kappa shape index (κ3) is 3.18. The highest BCUT2D eigenvalue weighted by Gasteiger charge is 2.22. The van der Waals surface area contributed by atoms with Crippen molar-refractivity contribution in [1.82, 2.24) is 4.98 Å². The molecule has 4 heteroatoms. The highest BCUT2D eigenvalue weighted by Crippen LogP contribution is 2.34. The minimum atomic E-state index is -0.169. The van der Waals surface area contributed by atoms with E-state index in [1.165, 1.54) is 0 Å². The average Bonchev–Trinajstić information content (AvgIpc) is 2.69. The molecule has 4 aromatic rings. The number of ketones is 1. The summed E-state index contributed by atoms with van der Waals surface area (Å²) in [5.41, 5.74) is 11.2. The van der Waals surface area contributed by atoms with Gasteiger partial charge in [-0.3, -0.25) is 4.79 Å². The monoisotopic (exact) mass is 372 g/mol. The fraction of sp³-hybridized carbons (Fsp3) is 0.0435. The van der Waals surface area contributed by atoms with Crippen LogP contribution >= 0.6 is 11.6 Å². The van der Waals surface area contributed by atoms with Crippen molar-refractivity contribution >= 4 is 34.0 Å². The number of halogens is 1. The van der Waals surface area contributed by atoms with Crippen LogP contribution in [0.4, 0.5) is 5.69 Å². The minimum Gasteiger partial charge on any atom is -0.398 e. The summed E-state index contributed by atoms with van der Waals surface area (Å²) in [6.07, 6.45) is 0. The number of aryl methyl sites for hydroxylation is 1. The number of rotatable bonds is 3. The van der Waals surface area contributed by atoms with E-state index in [9.17, 15) is 4.79 Å². The molecule has 0 bridgehead atoms. The van der Waals surface area contributed by atoms with E-state index >= 15 is 0 Å². The van der Waals surface area contributed by atoms with Crippen molar-refractivity contribution in [3.8, 4) is 11.3 Å². The molecule has 2 N–H and O–H groups in total. The van der Waals surface area contributed by atoms with Crippen LogP contribution in [0.2, 0.25) is 5.02 Å². The maximum atomic E-state index is 13.3. The lowest BCUT2D eigenvalue weighted by Gasteiger charge is -2.14. The summed E-state index contributed by atoms with van der Waals surface area (Å²) in [5.74, 6) is -0.169. The van der Waals surface area contributed by atoms with Crippen LogP contribution < -0.4 is 5.73 Å². The van der Waals surface area contributed by atoms with E-state index < -0.39 is 0 Å². The second kappa shape index (κ2) is 6.86. The molecule has 0 unspecified atom stereocenters. The van der Waals surface area contributed by atoms with Gasteiger partial charge in [-0.25, -0.2) is 4.98 Å². The van der Waals surface area contributed by atoms with Crippen molar-refractivity contribution in [3.63, 3.8) is 0 Å². The molecule has 3 nitrogen and oxygen atoms in total. The Balaban J connectivity index is 2.00. The van der Waals surface area contributed by atoms with Gasteiger partial charge in [0.25, 0.3) is 0 Å². The van der Waals surface area contributed by atoms with Crippen LogP contribution in [0.1, 0.15) is 21.5 Å². The highest BCUT2D eigenvalue weighted by atomic mass is 35.5. The Kier molecular flexibility index (Phi) is 4.38. The summed E-state index contributed by atoms with van der Waals surface area (Å²) in [6, 6.07) is 22.3. The Hall–Kier alpha value is -3.17. The van der Waals surface area contributed by atoms with Crippen molar-refractivity contribution in [2.24, 2.45) is 0 Å². The normalized spacial score (nSPS) is 10.9. The van der Waals surface area contributed by atoms with Gasteiger partial charge >= 0.3 is 0 Å². The van der Waals surface area contributed by atoms with Crippen molar-refractivity contribution < 1.29 is 4.79 Å². The van der Waals surface area contributed by atoms with Crippen molar-refractivity contribution in [1.29, 1.82) is 0 Å². The number of aromatic nitrogens is 1. The molecule has 0 aliphatic heterocycles. The number of para-hydroxylation sites is 1. The van der Waals surface area contributed by atoms with Gasteiger partial charge in [-0.1, -0.05) is 59.6 Å². The van der Waals surface area contributed by atoms with E-state index in [0.717, 1.165) is 22.0 Å². The number of hydrogen-bond donors (Lipinski definition) is 1. The molecule has 0 saturated heterocycles. The number of nitrogens with zero attached hydrogens (tertiary/aromatic N) is 1. The third-order valence-corrected chi connectivity index (χ3v) is 4.84. The molecular weight excluding hydrogens is 356 g/mol. The maximum absolute atomic E-state index is 13.3. The first kappa shape index (κ1) is 17.3. The first-order valence-corrected chi connectivity index (χ1v) is 8.98. The summed E-state index contributed by atoms with van der Waals surface area (Å²) >= 11 is 5.97. The fourth-order valence-corrected chi connectivity index (χ4v) is 3.26. The third-order valence-electron chi connectivity index (χ3n) is 4.59. The van der Waals surface area contributed by atoms with Crippen LogP contribution in [0.3, 0.4) is 0 Å². The molecule has 0 spiro atoms. The number of carbonyl (C=O) groups is 1. The minimum absolute atomic E-state index is 0.169. The number of hydrogen-bond acceptors (Lipinski definition) is 3. The number of fused-ring (bicyclic) bond motifs is 1. The quantitative estimate of drug-likeness (QED) is 0.471. The number of anilines is 1. The van der Waals surface area contributed by atoms with Gasteiger partial charge < -0.3 is 5.73 Å². The van der Waals surface area contributed by atoms with Crippen LogP contribution in [0, 0.1) is 6.92 Å². The van der Waals surface area contributed by atoms with Gasteiger partial charge in [0.05, 0.1) is 22.5 Å². The molecule has 0 amide bonds. The van der Waals surface area contributed by atoms with Gasteiger partial charge in [-0.2, -0.15) is 0 Å². The molecule has 0 atom stereocenters. The number of nitrogen functional groups attached to an aromatic ring is 1. The van der Waals surface area contributed by atoms with Gasteiger partial charge in [0.15, 0.2) is 5.78 Å². The molecule has 0 radical (unpaired) electrons. The highest BCUT2D eigenvalue weighted by molar-refractivity contribution is 6.30. The lowest BCUT2D eigenvalue weighted by molar-refractivity contribution is 0.104. The van der Waals surface area contributed by atoms with Gasteiger partial charge in [0.2, 0.25) is 0 Å². The molecule has 0 aliphatic rings. The van der Waals surface area contributed by atoms with E-state index in [1.807, 2.05) is 55.5 Å². The van der Waals surface area contributed by atoms with E-state index in [1.54, 1.807) is 24.3 Å². The van der Waals surface area contributed by atoms with Crippen molar-refractivity contribution in [3.05, 3.63) is 94.5 Å². The lowest BCUT2D eigenvalue weighted by Crippen LogP contribution is -2.10. The second-order valence-corrected chi connectivity index (χ2v) is 6.90. The predicted octanol–water partition coefficient (Wildman–Crippen LogP) is 5.68.